The second kappa shape index (κ2) is 7.78. The van der Waals surface area contributed by atoms with Gasteiger partial charge in [-0.1, -0.05) is 6.07 Å². The molecule has 0 aliphatic rings. The van der Waals surface area contributed by atoms with Crippen molar-refractivity contribution in [3.8, 4) is 22.7 Å². The number of aliphatic carboxylic acids is 1. The average Bonchev–Trinajstić information content (AvgIpc) is 3.10. The third-order valence-electron chi connectivity index (χ3n) is 4.29. The molecule has 6 heteroatoms. The van der Waals surface area contributed by atoms with Crippen LogP contribution >= 0.6 is 0 Å². The molecule has 3 aromatic rings. The third kappa shape index (κ3) is 4.00. The minimum absolute atomic E-state index is 0.00924. The normalized spacial score (nSPS) is 10.6. The minimum Gasteiger partial charge on any atom is -0.497 e. The van der Waals surface area contributed by atoms with E-state index >= 15 is 0 Å². The molecule has 0 atom stereocenters. The number of aryl methyl sites for hydroxylation is 1. The first-order valence-corrected chi connectivity index (χ1v) is 8.40. The van der Waals surface area contributed by atoms with E-state index in [2.05, 4.69) is 0 Å². The number of ether oxygens (including phenoxy) is 1. The van der Waals surface area contributed by atoms with Crippen molar-refractivity contribution in [3.05, 3.63) is 71.9 Å². The molecule has 0 saturated heterocycles. The van der Waals surface area contributed by atoms with Crippen LogP contribution in [-0.4, -0.2) is 33.8 Å². The largest absolute Gasteiger partial charge is 0.497 e. The van der Waals surface area contributed by atoms with Crippen molar-refractivity contribution in [2.75, 3.05) is 7.11 Å². The van der Waals surface area contributed by atoms with Crippen LogP contribution in [0.1, 0.15) is 22.5 Å². The number of nitrogens with zero attached hydrogens (tertiary/aromatic N) is 1. The molecule has 0 amide bonds. The fraction of sp³-hybridized carbons (Fsp3) is 0.143. The Labute approximate surface area is 156 Å². The quantitative estimate of drug-likeness (QED) is 0.663. The van der Waals surface area contributed by atoms with Crippen LogP contribution in [0, 0.1) is 0 Å². The van der Waals surface area contributed by atoms with E-state index in [1.54, 1.807) is 19.2 Å². The number of hydrogen-bond acceptors (Lipinski definition) is 3. The molecule has 3 rings (SSSR count). The number of rotatable bonds is 7. The highest BCUT2D eigenvalue weighted by atomic mass is 16.5. The summed E-state index contributed by atoms with van der Waals surface area (Å²) in [6, 6.07) is 17.9. The Morgan fingerprint density at radius 3 is 2.37 bits per heavy atom. The third-order valence-corrected chi connectivity index (χ3v) is 4.29. The summed E-state index contributed by atoms with van der Waals surface area (Å²) in [5.74, 6) is -1.16. The zero-order valence-electron chi connectivity index (χ0n) is 14.8. The highest BCUT2D eigenvalue weighted by Gasteiger charge is 2.14. The second-order valence-corrected chi connectivity index (χ2v) is 6.02. The van der Waals surface area contributed by atoms with Crippen molar-refractivity contribution in [3.63, 3.8) is 0 Å². The molecular formula is C21H19NO5. The van der Waals surface area contributed by atoms with Gasteiger partial charge in [-0.05, 0) is 66.6 Å². The van der Waals surface area contributed by atoms with E-state index in [1.165, 1.54) is 6.07 Å². The Balaban J connectivity index is 2.12. The second-order valence-electron chi connectivity index (χ2n) is 6.02. The molecule has 0 spiro atoms. The predicted molar refractivity (Wildman–Crippen MR) is 101 cm³/mol. The van der Waals surface area contributed by atoms with Gasteiger partial charge >= 0.3 is 11.9 Å². The maximum Gasteiger partial charge on any atom is 0.335 e. The van der Waals surface area contributed by atoms with Crippen molar-refractivity contribution in [1.29, 1.82) is 0 Å². The molecule has 27 heavy (non-hydrogen) atoms. The van der Waals surface area contributed by atoms with Crippen molar-refractivity contribution in [1.82, 2.24) is 4.57 Å². The molecule has 0 saturated carbocycles. The summed E-state index contributed by atoms with van der Waals surface area (Å²) < 4.78 is 7.09. The fourth-order valence-electron chi connectivity index (χ4n) is 2.98. The summed E-state index contributed by atoms with van der Waals surface area (Å²) in [5.41, 5.74) is 3.40. The summed E-state index contributed by atoms with van der Waals surface area (Å²) in [4.78, 5) is 22.4. The van der Waals surface area contributed by atoms with Gasteiger partial charge in [-0.2, -0.15) is 0 Å². The van der Waals surface area contributed by atoms with Gasteiger partial charge in [-0.15, -0.1) is 0 Å². The molecule has 2 N–H and O–H groups in total. The molecule has 0 bridgehead atoms. The smallest absolute Gasteiger partial charge is 0.335 e. The van der Waals surface area contributed by atoms with Crippen LogP contribution in [0.4, 0.5) is 0 Å². The summed E-state index contributed by atoms with van der Waals surface area (Å²) in [6.07, 6.45) is 0.327. The Hall–Kier alpha value is -3.54. The fourth-order valence-corrected chi connectivity index (χ4v) is 2.98. The van der Waals surface area contributed by atoms with Gasteiger partial charge in [0.05, 0.1) is 24.8 Å². The van der Waals surface area contributed by atoms with Crippen LogP contribution in [-0.2, 0) is 11.2 Å². The molecular weight excluding hydrogens is 346 g/mol. The number of aromatic nitrogens is 1. The monoisotopic (exact) mass is 365 g/mol. The lowest BCUT2D eigenvalue weighted by atomic mass is 10.1. The number of carboxylic acid groups (broad SMARTS) is 2. The zero-order valence-corrected chi connectivity index (χ0v) is 14.8. The van der Waals surface area contributed by atoms with E-state index in [1.807, 2.05) is 47.0 Å². The molecule has 0 radical (unpaired) electrons. The van der Waals surface area contributed by atoms with Gasteiger partial charge in [0.2, 0.25) is 0 Å². The molecule has 0 unspecified atom stereocenters. The number of carbonyl (C=O) groups is 2. The van der Waals surface area contributed by atoms with Crippen LogP contribution < -0.4 is 4.74 Å². The molecule has 0 fully saturated rings. The van der Waals surface area contributed by atoms with Gasteiger partial charge in [-0.25, -0.2) is 4.79 Å². The summed E-state index contributed by atoms with van der Waals surface area (Å²) in [6.45, 7) is 0. The average molecular weight is 365 g/mol. The standard InChI is InChI=1S/C21H19NO5/c1-27-18-9-5-14(6-10-18)19-11-7-16(8-12-20(23)24)22(19)17-4-2-3-15(13-17)21(25)26/h2-7,9-11,13H,8,12H2,1H3,(H,23,24)(H,25,26). The molecule has 1 heterocycles. The van der Waals surface area contributed by atoms with Gasteiger partial charge < -0.3 is 19.5 Å². The van der Waals surface area contributed by atoms with Gasteiger partial charge in [0.1, 0.15) is 5.75 Å². The van der Waals surface area contributed by atoms with E-state index in [-0.39, 0.29) is 12.0 Å². The van der Waals surface area contributed by atoms with Crippen LogP contribution in [0.2, 0.25) is 0 Å². The van der Waals surface area contributed by atoms with Crippen molar-refractivity contribution < 1.29 is 24.5 Å². The number of carboxylic acids is 2. The van der Waals surface area contributed by atoms with Gasteiger partial charge in [0.25, 0.3) is 0 Å². The maximum atomic E-state index is 11.3. The highest BCUT2D eigenvalue weighted by Crippen LogP contribution is 2.29. The van der Waals surface area contributed by atoms with E-state index < -0.39 is 11.9 Å². The summed E-state index contributed by atoms with van der Waals surface area (Å²) >= 11 is 0. The van der Waals surface area contributed by atoms with Crippen LogP contribution in [0.3, 0.4) is 0 Å². The molecule has 138 valence electrons. The van der Waals surface area contributed by atoms with E-state index in [0.29, 0.717) is 12.1 Å². The summed E-state index contributed by atoms with van der Waals surface area (Å²) in [7, 11) is 1.60. The highest BCUT2D eigenvalue weighted by molar-refractivity contribution is 5.88. The first-order chi connectivity index (χ1) is 13.0. The molecule has 2 aromatic carbocycles. The van der Waals surface area contributed by atoms with Crippen molar-refractivity contribution in [2.45, 2.75) is 12.8 Å². The van der Waals surface area contributed by atoms with Crippen LogP contribution in [0.25, 0.3) is 16.9 Å². The number of methoxy groups -OCH3 is 1. The van der Waals surface area contributed by atoms with Gasteiger partial charge in [0, 0.05) is 11.4 Å². The number of aromatic carboxylic acids is 1. The number of hydrogen-bond donors (Lipinski definition) is 2. The van der Waals surface area contributed by atoms with Crippen LogP contribution in [0.15, 0.2) is 60.7 Å². The zero-order chi connectivity index (χ0) is 19.4. The Morgan fingerprint density at radius 2 is 1.74 bits per heavy atom. The van der Waals surface area contributed by atoms with Crippen LogP contribution in [0.5, 0.6) is 5.75 Å². The topological polar surface area (TPSA) is 88.8 Å². The van der Waals surface area contributed by atoms with E-state index in [4.69, 9.17) is 9.84 Å². The first kappa shape index (κ1) is 18.3. The van der Waals surface area contributed by atoms with Crippen molar-refractivity contribution in [2.24, 2.45) is 0 Å². The minimum atomic E-state index is -1.01. The molecule has 0 aliphatic carbocycles. The number of benzene rings is 2. The lowest BCUT2D eigenvalue weighted by molar-refractivity contribution is -0.136. The van der Waals surface area contributed by atoms with E-state index in [9.17, 15) is 14.7 Å². The lowest BCUT2D eigenvalue weighted by Gasteiger charge is -2.15. The Bertz CT molecular complexity index is 972. The predicted octanol–water partition coefficient (Wildman–Crippen LogP) is 3.87. The first-order valence-electron chi connectivity index (χ1n) is 8.40. The maximum absolute atomic E-state index is 11.3. The Kier molecular flexibility index (Phi) is 5.26. The van der Waals surface area contributed by atoms with Gasteiger partial charge in [0.15, 0.2) is 0 Å². The van der Waals surface area contributed by atoms with E-state index in [0.717, 1.165) is 22.7 Å². The SMILES string of the molecule is COc1ccc(-c2ccc(CCC(=O)O)n2-c2cccc(C(=O)O)c2)cc1. The van der Waals surface area contributed by atoms with Crippen molar-refractivity contribution >= 4 is 11.9 Å². The Morgan fingerprint density at radius 1 is 1.00 bits per heavy atom. The molecule has 1 aromatic heterocycles. The van der Waals surface area contributed by atoms with Gasteiger partial charge in [-0.3, -0.25) is 4.79 Å². The summed E-state index contributed by atoms with van der Waals surface area (Å²) in [5, 5.41) is 18.3. The molecule has 0 aliphatic heterocycles. The molecule has 6 nitrogen and oxygen atoms in total. The lowest BCUT2D eigenvalue weighted by Crippen LogP contribution is -2.06.